The molecule has 0 aliphatic rings. The second kappa shape index (κ2) is 6.39. The summed E-state index contributed by atoms with van der Waals surface area (Å²) in [6.07, 6.45) is 4.17. The zero-order valence-electron chi connectivity index (χ0n) is 12.9. The minimum Gasteiger partial charge on any atom is -0.311 e. The van der Waals surface area contributed by atoms with E-state index in [4.69, 9.17) is 16.6 Å². The number of nitrogens with zero attached hydrogens (tertiary/aromatic N) is 4. The van der Waals surface area contributed by atoms with E-state index in [0.717, 1.165) is 42.1 Å². The van der Waals surface area contributed by atoms with E-state index >= 15 is 0 Å². The summed E-state index contributed by atoms with van der Waals surface area (Å²) in [6, 6.07) is 0. The van der Waals surface area contributed by atoms with E-state index in [2.05, 4.69) is 29.8 Å². The van der Waals surface area contributed by atoms with Gasteiger partial charge in [-0.05, 0) is 19.6 Å². The van der Waals surface area contributed by atoms with Gasteiger partial charge in [-0.2, -0.15) is 16.9 Å². The summed E-state index contributed by atoms with van der Waals surface area (Å²) in [5.41, 5.74) is 3.20. The SMILES string of the molecule is CCCc1nn(C)c2c1nc(C(C)Cl)n2CC(C)SC. The van der Waals surface area contributed by atoms with Crippen LogP contribution in [0.15, 0.2) is 0 Å². The lowest BCUT2D eigenvalue weighted by molar-refractivity contribution is 0.632. The van der Waals surface area contributed by atoms with Gasteiger partial charge >= 0.3 is 0 Å². The molecule has 0 aliphatic carbocycles. The van der Waals surface area contributed by atoms with E-state index in [9.17, 15) is 0 Å². The largest absolute Gasteiger partial charge is 0.311 e. The highest BCUT2D eigenvalue weighted by Crippen LogP contribution is 2.28. The molecule has 2 heterocycles. The van der Waals surface area contributed by atoms with Crippen molar-refractivity contribution in [2.45, 2.75) is 50.8 Å². The van der Waals surface area contributed by atoms with E-state index in [-0.39, 0.29) is 5.38 Å². The van der Waals surface area contributed by atoms with Crippen molar-refractivity contribution >= 4 is 34.5 Å². The van der Waals surface area contributed by atoms with Gasteiger partial charge in [-0.1, -0.05) is 20.3 Å². The van der Waals surface area contributed by atoms with Crippen LogP contribution in [0.4, 0.5) is 0 Å². The van der Waals surface area contributed by atoms with Gasteiger partial charge in [0.05, 0.1) is 11.1 Å². The fraction of sp³-hybridized carbons (Fsp3) is 0.714. The van der Waals surface area contributed by atoms with Crippen LogP contribution in [0.5, 0.6) is 0 Å². The Kier molecular flexibility index (Phi) is 5.02. The highest BCUT2D eigenvalue weighted by molar-refractivity contribution is 7.99. The number of halogens is 1. The number of aryl methyl sites for hydroxylation is 2. The lowest BCUT2D eigenvalue weighted by Gasteiger charge is -2.14. The molecule has 0 saturated heterocycles. The molecule has 112 valence electrons. The number of fused-ring (bicyclic) bond motifs is 1. The minimum absolute atomic E-state index is 0.0917. The first-order chi connectivity index (χ1) is 9.49. The second-order valence-electron chi connectivity index (χ2n) is 5.24. The molecule has 0 bridgehead atoms. The molecule has 6 heteroatoms. The van der Waals surface area contributed by atoms with Crippen LogP contribution in [0.25, 0.3) is 11.2 Å². The molecular formula is C14H23ClN4S. The number of hydrogen-bond acceptors (Lipinski definition) is 3. The molecule has 0 aliphatic heterocycles. The first-order valence-electron chi connectivity index (χ1n) is 7.08. The standard InChI is InChI=1S/C14H23ClN4S/c1-6-7-11-12-14(18(4)17-11)19(8-9(2)20-5)13(16-12)10(3)15/h9-10H,6-8H2,1-5H3. The zero-order valence-corrected chi connectivity index (χ0v) is 14.4. The average molecular weight is 315 g/mol. The van der Waals surface area contributed by atoms with E-state index in [1.54, 1.807) is 0 Å². The molecule has 2 atom stereocenters. The molecule has 4 nitrogen and oxygen atoms in total. The highest BCUT2D eigenvalue weighted by Gasteiger charge is 2.22. The molecule has 0 amide bonds. The van der Waals surface area contributed by atoms with E-state index in [1.807, 2.05) is 30.4 Å². The van der Waals surface area contributed by atoms with Crippen molar-refractivity contribution in [2.24, 2.45) is 7.05 Å². The van der Waals surface area contributed by atoms with Crippen LogP contribution in [0.2, 0.25) is 0 Å². The lowest BCUT2D eigenvalue weighted by atomic mass is 10.2. The summed E-state index contributed by atoms with van der Waals surface area (Å²) in [6.45, 7) is 7.28. The average Bonchev–Trinajstić information content (AvgIpc) is 2.90. The summed E-state index contributed by atoms with van der Waals surface area (Å²) in [7, 11) is 1.99. The molecule has 2 rings (SSSR count). The minimum atomic E-state index is -0.0917. The van der Waals surface area contributed by atoms with Crippen LogP contribution in [0, 0.1) is 0 Å². The van der Waals surface area contributed by atoms with Crippen LogP contribution in [-0.4, -0.2) is 30.8 Å². The monoisotopic (exact) mass is 314 g/mol. The van der Waals surface area contributed by atoms with Crippen LogP contribution in [0.3, 0.4) is 0 Å². The summed E-state index contributed by atoms with van der Waals surface area (Å²) in [5, 5.41) is 5.04. The molecule has 2 unspecified atom stereocenters. The molecule has 0 aromatic carbocycles. The Morgan fingerprint density at radius 1 is 1.35 bits per heavy atom. The van der Waals surface area contributed by atoms with Gasteiger partial charge in [-0.3, -0.25) is 4.68 Å². The number of imidazole rings is 1. The number of alkyl halides is 1. The Balaban J connectivity index is 2.59. The third-order valence-corrected chi connectivity index (χ3v) is 4.65. The maximum Gasteiger partial charge on any atom is 0.158 e. The van der Waals surface area contributed by atoms with Crippen molar-refractivity contribution in [1.82, 2.24) is 19.3 Å². The van der Waals surface area contributed by atoms with E-state index in [1.165, 1.54) is 0 Å². The summed E-state index contributed by atoms with van der Waals surface area (Å²) >= 11 is 8.18. The van der Waals surface area contributed by atoms with Gasteiger partial charge < -0.3 is 4.57 Å². The zero-order chi connectivity index (χ0) is 14.9. The third kappa shape index (κ3) is 2.84. The Hall–Kier alpha value is -0.680. The topological polar surface area (TPSA) is 35.6 Å². The predicted molar refractivity (Wildman–Crippen MR) is 87.7 cm³/mol. The third-order valence-electron chi connectivity index (χ3n) is 3.51. The van der Waals surface area contributed by atoms with E-state index in [0.29, 0.717) is 5.25 Å². The maximum absolute atomic E-state index is 6.33. The molecule has 0 radical (unpaired) electrons. The van der Waals surface area contributed by atoms with Crippen molar-refractivity contribution in [3.05, 3.63) is 11.5 Å². The van der Waals surface area contributed by atoms with Crippen molar-refractivity contribution in [3.8, 4) is 0 Å². The maximum atomic E-state index is 6.33. The van der Waals surface area contributed by atoms with Crippen LogP contribution in [0.1, 0.15) is 44.1 Å². The Bertz CT molecular complexity index is 588. The fourth-order valence-electron chi connectivity index (χ4n) is 2.48. The molecular weight excluding hydrogens is 292 g/mol. The predicted octanol–water partition coefficient (Wildman–Crippen LogP) is 3.77. The normalized spacial score (nSPS) is 14.9. The number of thioether (sulfide) groups is 1. The first kappa shape index (κ1) is 15.7. The molecule has 2 aromatic heterocycles. The van der Waals surface area contributed by atoms with Gasteiger partial charge in [-0.15, -0.1) is 11.6 Å². The molecule has 0 fully saturated rings. The van der Waals surface area contributed by atoms with Gasteiger partial charge in [0.2, 0.25) is 0 Å². The van der Waals surface area contributed by atoms with Crippen molar-refractivity contribution < 1.29 is 0 Å². The van der Waals surface area contributed by atoms with Crippen LogP contribution in [-0.2, 0) is 20.0 Å². The van der Waals surface area contributed by atoms with Crippen molar-refractivity contribution in [2.75, 3.05) is 6.26 Å². The molecule has 0 N–H and O–H groups in total. The summed E-state index contributed by atoms with van der Waals surface area (Å²) < 4.78 is 4.18. The van der Waals surface area contributed by atoms with Crippen molar-refractivity contribution in [3.63, 3.8) is 0 Å². The lowest BCUT2D eigenvalue weighted by Crippen LogP contribution is -2.14. The molecule has 0 saturated carbocycles. The van der Waals surface area contributed by atoms with Gasteiger partial charge in [0.15, 0.2) is 5.65 Å². The van der Waals surface area contributed by atoms with Crippen LogP contribution >= 0.6 is 23.4 Å². The Morgan fingerprint density at radius 2 is 2.05 bits per heavy atom. The van der Waals surface area contributed by atoms with E-state index < -0.39 is 0 Å². The van der Waals surface area contributed by atoms with Gasteiger partial charge in [0, 0.05) is 18.8 Å². The van der Waals surface area contributed by atoms with Gasteiger partial charge in [-0.25, -0.2) is 4.98 Å². The Morgan fingerprint density at radius 3 is 2.60 bits per heavy atom. The van der Waals surface area contributed by atoms with Crippen LogP contribution < -0.4 is 0 Å². The highest BCUT2D eigenvalue weighted by atomic mass is 35.5. The number of hydrogen-bond donors (Lipinski definition) is 0. The number of rotatable bonds is 6. The van der Waals surface area contributed by atoms with Gasteiger partial charge in [0.1, 0.15) is 11.3 Å². The van der Waals surface area contributed by atoms with Crippen molar-refractivity contribution in [1.29, 1.82) is 0 Å². The first-order valence-corrected chi connectivity index (χ1v) is 8.80. The summed E-state index contributed by atoms with van der Waals surface area (Å²) in [4.78, 5) is 4.78. The molecule has 2 aromatic rings. The smallest absolute Gasteiger partial charge is 0.158 e. The fourth-order valence-corrected chi connectivity index (χ4v) is 2.94. The summed E-state index contributed by atoms with van der Waals surface area (Å²) in [5.74, 6) is 0.952. The Labute approximate surface area is 129 Å². The molecule has 20 heavy (non-hydrogen) atoms. The quantitative estimate of drug-likeness (QED) is 0.761. The molecule has 0 spiro atoms. The van der Waals surface area contributed by atoms with Gasteiger partial charge in [0.25, 0.3) is 0 Å². The number of aromatic nitrogens is 4. The second-order valence-corrected chi connectivity index (χ2v) is 7.17.